The predicted octanol–water partition coefficient (Wildman–Crippen LogP) is 2.34. The Morgan fingerprint density at radius 3 is 2.62 bits per heavy atom. The molecule has 1 N–H and O–H groups in total. The van der Waals surface area contributed by atoms with Gasteiger partial charge in [0.2, 0.25) is 0 Å². The van der Waals surface area contributed by atoms with Crippen LogP contribution in [0.1, 0.15) is 36.0 Å². The second kappa shape index (κ2) is 7.96. The van der Waals surface area contributed by atoms with E-state index < -0.39 is 0 Å². The highest BCUT2D eigenvalue weighted by Crippen LogP contribution is 2.44. The van der Waals surface area contributed by atoms with Crippen LogP contribution in [0.25, 0.3) is 0 Å². The number of hydrogen-bond donors (Lipinski definition) is 1. The number of carbonyl (C=O) groups excluding carboxylic acids is 2. The summed E-state index contributed by atoms with van der Waals surface area (Å²) in [7, 11) is 5.65. The summed E-state index contributed by atoms with van der Waals surface area (Å²) in [6, 6.07) is 1.86. The first kappa shape index (κ1) is 19.2. The molecule has 1 aromatic heterocycles. The molecule has 0 saturated carbocycles. The lowest BCUT2D eigenvalue weighted by Gasteiger charge is -2.53. The second-order valence-electron chi connectivity index (χ2n) is 7.88. The normalized spacial score (nSPS) is 23.0. The molecule has 6 nitrogen and oxygen atoms in total. The predicted molar refractivity (Wildman–Crippen MR) is 105 cm³/mol. The van der Waals surface area contributed by atoms with E-state index in [1.807, 2.05) is 21.7 Å². The Balaban J connectivity index is 1.83. The van der Waals surface area contributed by atoms with E-state index in [1.165, 1.54) is 0 Å². The number of likely N-dealkylation sites (tertiary alicyclic amines) is 2. The van der Waals surface area contributed by atoms with Gasteiger partial charge in [0.15, 0.2) is 0 Å². The molecule has 1 spiro atoms. The Labute approximate surface area is 160 Å². The first-order chi connectivity index (χ1) is 12.4. The molecule has 3 rings (SSSR count). The van der Waals surface area contributed by atoms with Gasteiger partial charge in [0.1, 0.15) is 0 Å². The van der Waals surface area contributed by atoms with Crippen LogP contribution in [0.15, 0.2) is 16.8 Å². The molecule has 7 heteroatoms. The standard InChI is InChI=1S/C19H30N4O2S/c1-21(2)18(25)20-13-16-19(7-10-22(3)11-8-19)6-4-9-23(16)17(24)15-5-12-26-14-15/h5,12,14,16H,4,6-11,13H2,1-3H3,(H,20,25). The SMILES string of the molecule is CN1CCC2(CCCN(C(=O)c3ccsc3)C2CNC(=O)N(C)C)CC1. The van der Waals surface area contributed by atoms with E-state index in [-0.39, 0.29) is 23.4 Å². The van der Waals surface area contributed by atoms with Crippen molar-refractivity contribution in [3.05, 3.63) is 22.4 Å². The maximum absolute atomic E-state index is 13.1. The molecule has 0 aliphatic carbocycles. The number of thiophene rings is 1. The largest absolute Gasteiger partial charge is 0.336 e. The molecule has 2 aliphatic rings. The van der Waals surface area contributed by atoms with Crippen LogP contribution in [-0.2, 0) is 0 Å². The fourth-order valence-electron chi connectivity index (χ4n) is 4.37. The average Bonchev–Trinajstić information content (AvgIpc) is 3.16. The summed E-state index contributed by atoms with van der Waals surface area (Å²) in [5, 5.41) is 6.92. The summed E-state index contributed by atoms with van der Waals surface area (Å²) < 4.78 is 0. The minimum atomic E-state index is -0.0958. The molecule has 1 unspecified atom stereocenters. The van der Waals surface area contributed by atoms with Gasteiger partial charge in [0, 0.05) is 32.6 Å². The quantitative estimate of drug-likeness (QED) is 0.878. The fourth-order valence-corrected chi connectivity index (χ4v) is 5.00. The van der Waals surface area contributed by atoms with E-state index in [2.05, 4.69) is 17.3 Å². The molecular weight excluding hydrogens is 348 g/mol. The van der Waals surface area contributed by atoms with E-state index >= 15 is 0 Å². The molecule has 2 aliphatic heterocycles. The van der Waals surface area contributed by atoms with Crippen molar-refractivity contribution in [2.45, 2.75) is 31.7 Å². The molecule has 2 fully saturated rings. The van der Waals surface area contributed by atoms with Gasteiger partial charge in [-0.05, 0) is 62.7 Å². The summed E-state index contributed by atoms with van der Waals surface area (Å²) in [6.07, 6.45) is 4.34. The van der Waals surface area contributed by atoms with Crippen LogP contribution in [0.3, 0.4) is 0 Å². The summed E-state index contributed by atoms with van der Waals surface area (Å²) in [5.74, 6) is 0.105. The lowest BCUT2D eigenvalue weighted by molar-refractivity contribution is -0.0179. The number of nitrogens with zero attached hydrogens (tertiary/aromatic N) is 3. The Morgan fingerprint density at radius 2 is 2.00 bits per heavy atom. The van der Waals surface area contributed by atoms with Gasteiger partial charge in [-0.1, -0.05) is 0 Å². The van der Waals surface area contributed by atoms with Gasteiger partial charge < -0.3 is 20.0 Å². The van der Waals surface area contributed by atoms with E-state index in [1.54, 1.807) is 30.3 Å². The van der Waals surface area contributed by atoms with E-state index in [4.69, 9.17) is 0 Å². The Morgan fingerprint density at radius 1 is 1.27 bits per heavy atom. The minimum absolute atomic E-state index is 0.0567. The first-order valence-electron chi connectivity index (χ1n) is 9.40. The third-order valence-electron chi connectivity index (χ3n) is 6.02. The monoisotopic (exact) mass is 378 g/mol. The molecule has 3 amide bonds. The van der Waals surface area contributed by atoms with Gasteiger partial charge in [-0.2, -0.15) is 11.3 Å². The third-order valence-corrected chi connectivity index (χ3v) is 6.70. The minimum Gasteiger partial charge on any atom is -0.336 e. The highest BCUT2D eigenvalue weighted by atomic mass is 32.1. The summed E-state index contributed by atoms with van der Waals surface area (Å²) in [5.41, 5.74) is 0.875. The first-order valence-corrected chi connectivity index (χ1v) is 10.3. The van der Waals surface area contributed by atoms with E-state index in [9.17, 15) is 9.59 Å². The number of nitrogens with one attached hydrogen (secondary N) is 1. The number of carbonyl (C=O) groups is 2. The van der Waals surface area contributed by atoms with Crippen LogP contribution in [0.2, 0.25) is 0 Å². The van der Waals surface area contributed by atoms with Gasteiger partial charge in [-0.3, -0.25) is 4.79 Å². The lowest BCUT2D eigenvalue weighted by Crippen LogP contribution is -2.61. The summed E-state index contributed by atoms with van der Waals surface area (Å²) in [6.45, 7) is 3.41. The van der Waals surface area contributed by atoms with Crippen molar-refractivity contribution in [1.29, 1.82) is 0 Å². The Bertz CT molecular complexity index is 623. The van der Waals surface area contributed by atoms with Gasteiger partial charge in [0.25, 0.3) is 5.91 Å². The molecule has 3 heterocycles. The Kier molecular flexibility index (Phi) is 5.87. The van der Waals surface area contributed by atoms with Gasteiger partial charge in [0.05, 0.1) is 11.6 Å². The summed E-state index contributed by atoms with van der Waals surface area (Å²) >= 11 is 1.55. The van der Waals surface area contributed by atoms with Gasteiger partial charge in [-0.25, -0.2) is 4.79 Å². The maximum atomic E-state index is 13.1. The molecule has 26 heavy (non-hydrogen) atoms. The van der Waals surface area contributed by atoms with Crippen molar-refractivity contribution in [2.24, 2.45) is 5.41 Å². The molecule has 1 aromatic rings. The number of urea groups is 1. The zero-order chi connectivity index (χ0) is 18.7. The van der Waals surface area contributed by atoms with Crippen molar-refractivity contribution < 1.29 is 9.59 Å². The molecule has 0 aromatic carbocycles. The van der Waals surface area contributed by atoms with Crippen LogP contribution >= 0.6 is 11.3 Å². The maximum Gasteiger partial charge on any atom is 0.316 e. The lowest BCUT2D eigenvalue weighted by atomic mass is 9.66. The van der Waals surface area contributed by atoms with Crippen molar-refractivity contribution in [2.75, 3.05) is 47.3 Å². The molecule has 144 valence electrons. The molecule has 2 saturated heterocycles. The highest BCUT2D eigenvalue weighted by Gasteiger charge is 2.47. The van der Waals surface area contributed by atoms with Crippen molar-refractivity contribution in [3.8, 4) is 0 Å². The van der Waals surface area contributed by atoms with Crippen LogP contribution < -0.4 is 5.32 Å². The van der Waals surface area contributed by atoms with Crippen LogP contribution in [0.4, 0.5) is 4.79 Å². The van der Waals surface area contributed by atoms with Crippen LogP contribution in [0.5, 0.6) is 0 Å². The molecule has 1 atom stereocenters. The van der Waals surface area contributed by atoms with E-state index in [0.29, 0.717) is 6.54 Å². The van der Waals surface area contributed by atoms with Gasteiger partial charge >= 0.3 is 6.03 Å². The van der Waals surface area contributed by atoms with Crippen LogP contribution in [-0.4, -0.2) is 80.0 Å². The average molecular weight is 379 g/mol. The zero-order valence-corrected chi connectivity index (χ0v) is 16.8. The Hall–Kier alpha value is -1.60. The van der Waals surface area contributed by atoms with Gasteiger partial charge in [-0.15, -0.1) is 0 Å². The van der Waals surface area contributed by atoms with E-state index in [0.717, 1.165) is 50.9 Å². The van der Waals surface area contributed by atoms with Crippen molar-refractivity contribution >= 4 is 23.3 Å². The third kappa shape index (κ3) is 3.88. The topological polar surface area (TPSA) is 55.9 Å². The zero-order valence-electron chi connectivity index (χ0n) is 16.0. The summed E-state index contributed by atoms with van der Waals surface area (Å²) in [4.78, 5) is 31.2. The molecule has 0 radical (unpaired) electrons. The fraction of sp³-hybridized carbons (Fsp3) is 0.684. The number of rotatable bonds is 3. The molecular formula is C19H30N4O2S. The van der Waals surface area contributed by atoms with Crippen molar-refractivity contribution in [3.63, 3.8) is 0 Å². The van der Waals surface area contributed by atoms with Crippen LogP contribution in [0, 0.1) is 5.41 Å². The number of hydrogen-bond acceptors (Lipinski definition) is 4. The molecule has 0 bridgehead atoms. The smallest absolute Gasteiger partial charge is 0.316 e. The number of piperidine rings is 2. The second-order valence-corrected chi connectivity index (χ2v) is 8.66. The highest BCUT2D eigenvalue weighted by molar-refractivity contribution is 7.08. The number of amides is 3. The van der Waals surface area contributed by atoms with Crippen molar-refractivity contribution in [1.82, 2.24) is 20.0 Å².